The van der Waals surface area contributed by atoms with Crippen LogP contribution in [0.1, 0.15) is 64.2 Å². The molecular weight excluding hydrogens is 326 g/mol. The average Bonchev–Trinajstić information content (AvgIpc) is 2.46. The van der Waals surface area contributed by atoms with Gasteiger partial charge in [0.15, 0.2) is 0 Å². The molecule has 2 N–H and O–H groups in total. The molecule has 0 bridgehead atoms. The maximum Gasteiger partial charge on any atom is 0.321 e. The second-order valence-corrected chi connectivity index (χ2v) is 20.0. The largest absolute Gasteiger partial charge is 0.348 e. The Kier molecular flexibility index (Phi) is 7.00. The van der Waals surface area contributed by atoms with Crippen LogP contribution in [-0.2, 0) is 0 Å². The number of hydrogen-bond donors (Lipinski definition) is 2. The lowest BCUT2D eigenvalue weighted by Gasteiger charge is -2.36. The quantitative estimate of drug-likeness (QED) is 0.421. The lowest BCUT2D eigenvalue weighted by Crippen LogP contribution is -2.63. The maximum atomic E-state index is 4.02. The molecule has 0 aliphatic heterocycles. The van der Waals surface area contributed by atoms with Crippen LogP contribution in [0.2, 0.25) is 39.3 Å². The molecule has 0 spiro atoms. The summed E-state index contributed by atoms with van der Waals surface area (Å²) in [5, 5.41) is 8.03. The molecule has 2 aliphatic rings. The van der Waals surface area contributed by atoms with Crippen LogP contribution in [-0.4, -0.2) is 38.4 Å². The zero-order chi connectivity index (χ0) is 17.8. The molecule has 5 heteroatoms. The van der Waals surface area contributed by atoms with Crippen molar-refractivity contribution >= 4 is 22.4 Å². The summed E-state index contributed by atoms with van der Waals surface area (Å²) in [4.78, 5) is 0. The molecule has 0 amide bonds. The van der Waals surface area contributed by atoms with Crippen molar-refractivity contribution in [3.05, 3.63) is 0 Å². The van der Waals surface area contributed by atoms with Gasteiger partial charge in [0, 0.05) is 0 Å². The Labute approximate surface area is 152 Å². The summed E-state index contributed by atoms with van der Waals surface area (Å²) < 4.78 is 2.86. The maximum absolute atomic E-state index is 4.02. The van der Waals surface area contributed by atoms with Crippen LogP contribution >= 0.6 is 0 Å². The van der Waals surface area contributed by atoms with Gasteiger partial charge in [-0.05, 0) is 65.0 Å². The van der Waals surface area contributed by atoms with E-state index in [0.717, 1.165) is 0 Å². The third-order valence-electron chi connectivity index (χ3n) is 5.46. The van der Waals surface area contributed by atoms with E-state index in [-0.39, 0.29) is 0 Å². The molecule has 3 nitrogen and oxygen atoms in total. The third-order valence-corrected chi connectivity index (χ3v) is 12.6. The Balaban J connectivity index is 2.28. The minimum absolute atomic E-state index is 0.681. The summed E-state index contributed by atoms with van der Waals surface area (Å²) in [6.07, 6.45) is 13.8. The number of hydrogen-bond acceptors (Lipinski definition) is 0. The summed E-state index contributed by atoms with van der Waals surface area (Å²) in [5.74, 6) is 1.41. The fraction of sp³-hybridized carbons (Fsp3) is 0.947. The molecule has 2 saturated carbocycles. The van der Waals surface area contributed by atoms with Gasteiger partial charge in [0.1, 0.15) is 0 Å². The van der Waals surface area contributed by atoms with E-state index in [1.54, 1.807) is 0 Å². The Bertz CT molecular complexity index is 385. The van der Waals surface area contributed by atoms with Crippen molar-refractivity contribution in [1.82, 2.24) is 10.6 Å². The van der Waals surface area contributed by atoms with Crippen LogP contribution in [0.4, 0.5) is 0 Å². The molecule has 0 aromatic carbocycles. The molecule has 0 atom stereocenters. The highest BCUT2D eigenvalue weighted by molar-refractivity contribution is 6.81. The summed E-state index contributed by atoms with van der Waals surface area (Å²) in [6.45, 7) is 15.1. The molecule has 2 fully saturated rings. The van der Waals surface area contributed by atoms with Crippen molar-refractivity contribution in [2.75, 3.05) is 0 Å². The first-order valence-corrected chi connectivity index (χ1v) is 17.3. The van der Waals surface area contributed by atoms with Crippen molar-refractivity contribution < 1.29 is 3.91 Å². The predicted molar refractivity (Wildman–Crippen MR) is 112 cm³/mol. The molecule has 0 aromatic rings. The molecule has 0 radical (unpaired) electrons. The van der Waals surface area contributed by atoms with Crippen LogP contribution in [0.3, 0.4) is 0 Å². The first-order valence-electron chi connectivity index (χ1n) is 10.4. The zero-order valence-corrected chi connectivity index (χ0v) is 19.2. The minimum Gasteiger partial charge on any atom is -0.348 e. The highest BCUT2D eigenvalue weighted by atomic mass is 28.4. The lowest BCUT2D eigenvalue weighted by atomic mass is 9.95. The molecule has 0 heterocycles. The van der Waals surface area contributed by atoms with Gasteiger partial charge >= 0.3 is 5.96 Å². The highest BCUT2D eigenvalue weighted by Crippen LogP contribution is 2.21. The van der Waals surface area contributed by atoms with Gasteiger partial charge in [0.05, 0.1) is 12.1 Å². The lowest BCUT2D eigenvalue weighted by molar-refractivity contribution is -0.257. The van der Waals surface area contributed by atoms with Crippen LogP contribution in [0.5, 0.6) is 0 Å². The second kappa shape index (κ2) is 8.39. The average molecular weight is 369 g/mol. The third kappa shape index (κ3) is 5.90. The molecule has 24 heavy (non-hydrogen) atoms. The molecule has 2 rings (SSSR count). The minimum atomic E-state index is -1.42. The molecule has 0 aromatic heterocycles. The predicted octanol–water partition coefficient (Wildman–Crippen LogP) is 4.87. The Morgan fingerprint density at radius 2 is 0.958 bits per heavy atom. The highest BCUT2D eigenvalue weighted by Gasteiger charge is 2.38. The second-order valence-electron chi connectivity index (χ2n) is 9.98. The van der Waals surface area contributed by atoms with Crippen LogP contribution in [0, 0.1) is 0 Å². The van der Waals surface area contributed by atoms with Crippen molar-refractivity contribution in [2.45, 2.75) is 116 Å². The van der Waals surface area contributed by atoms with E-state index in [4.69, 9.17) is 0 Å². The van der Waals surface area contributed by atoms with Gasteiger partial charge in [-0.25, -0.2) is 0 Å². The Morgan fingerprint density at radius 3 is 1.25 bits per heavy atom. The van der Waals surface area contributed by atoms with E-state index >= 15 is 0 Å². The van der Waals surface area contributed by atoms with E-state index in [0.29, 0.717) is 12.1 Å². The monoisotopic (exact) mass is 368 g/mol. The molecular formula is C19H42N3Si2+. The van der Waals surface area contributed by atoms with E-state index in [1.807, 2.05) is 0 Å². The standard InChI is InChI=1S/C19H41N3Si2/c1-23(2,3)22(24(4,5)6)19(20-17-13-9-7-10-14-17)21-18-15-11-8-12-16-18/h17-18H,7-16H2,1-6H3,(H,20,21)/p+1. The van der Waals surface area contributed by atoms with E-state index in [9.17, 15) is 0 Å². The summed E-state index contributed by atoms with van der Waals surface area (Å²) in [6, 6.07) is 1.36. The van der Waals surface area contributed by atoms with Crippen molar-refractivity contribution in [2.24, 2.45) is 0 Å². The zero-order valence-electron chi connectivity index (χ0n) is 17.2. The fourth-order valence-corrected chi connectivity index (χ4v) is 14.4. The summed E-state index contributed by atoms with van der Waals surface area (Å²) in [5.41, 5.74) is 0. The number of nitrogens with zero attached hydrogens (tertiary/aromatic N) is 1. The topological polar surface area (TPSA) is 27.1 Å². The van der Waals surface area contributed by atoms with Crippen LogP contribution in [0.15, 0.2) is 0 Å². The Morgan fingerprint density at radius 1 is 0.625 bits per heavy atom. The number of guanidine groups is 1. The summed E-state index contributed by atoms with van der Waals surface area (Å²) in [7, 11) is -2.84. The van der Waals surface area contributed by atoms with Gasteiger partial charge in [-0.3, -0.25) is 10.6 Å². The van der Waals surface area contributed by atoms with Gasteiger partial charge in [-0.1, -0.05) is 38.5 Å². The van der Waals surface area contributed by atoms with Gasteiger partial charge in [-0.15, -0.1) is 0 Å². The SMILES string of the molecule is C[Si](C)(C)[N+](=C(NC1CCCCC1)NC1CCCCC1)[Si](C)(C)C. The number of nitrogens with one attached hydrogen (secondary N) is 2. The normalized spacial score (nSPS) is 21.4. The Hall–Kier alpha value is -0.296. The van der Waals surface area contributed by atoms with Crippen molar-refractivity contribution in [3.63, 3.8) is 0 Å². The van der Waals surface area contributed by atoms with E-state index in [2.05, 4.69) is 53.8 Å². The molecule has 2 aliphatic carbocycles. The first-order chi connectivity index (χ1) is 11.2. The van der Waals surface area contributed by atoms with Gasteiger partial charge in [-0.2, -0.15) is 0 Å². The van der Waals surface area contributed by atoms with Gasteiger partial charge in [0.2, 0.25) is 16.5 Å². The van der Waals surface area contributed by atoms with Crippen molar-refractivity contribution in [3.8, 4) is 0 Å². The summed E-state index contributed by atoms with van der Waals surface area (Å²) >= 11 is 0. The number of rotatable bonds is 4. The van der Waals surface area contributed by atoms with Gasteiger partial charge in [0.25, 0.3) is 0 Å². The van der Waals surface area contributed by atoms with Gasteiger partial charge < -0.3 is 3.91 Å². The smallest absolute Gasteiger partial charge is 0.321 e. The van der Waals surface area contributed by atoms with E-state index in [1.165, 1.54) is 70.2 Å². The van der Waals surface area contributed by atoms with Crippen LogP contribution < -0.4 is 10.6 Å². The molecule has 0 saturated heterocycles. The van der Waals surface area contributed by atoms with Crippen molar-refractivity contribution in [1.29, 1.82) is 0 Å². The molecule has 140 valence electrons. The first kappa shape index (κ1) is 20.0. The fourth-order valence-electron chi connectivity index (χ4n) is 4.73. The van der Waals surface area contributed by atoms with Crippen LogP contribution in [0.25, 0.3) is 0 Å². The molecule has 0 unspecified atom stereocenters. The van der Waals surface area contributed by atoms with E-state index < -0.39 is 16.5 Å².